The van der Waals surface area contributed by atoms with Crippen molar-refractivity contribution in [3.63, 3.8) is 0 Å². The van der Waals surface area contributed by atoms with Crippen LogP contribution in [0.25, 0.3) is 0 Å². The molecule has 0 aliphatic carbocycles. The van der Waals surface area contributed by atoms with Crippen molar-refractivity contribution in [2.24, 2.45) is 0 Å². The molecule has 0 spiro atoms. The molecule has 0 unspecified atom stereocenters. The van der Waals surface area contributed by atoms with E-state index in [4.69, 9.17) is 0 Å². The molecule has 62 valence electrons. The summed E-state index contributed by atoms with van der Waals surface area (Å²) in [5.74, 6) is -0.490. The number of rotatable bonds is 2. The highest BCUT2D eigenvalue weighted by Gasteiger charge is 2.11. The van der Waals surface area contributed by atoms with E-state index in [9.17, 15) is 12.3 Å². The molecule has 0 saturated heterocycles. The summed E-state index contributed by atoms with van der Waals surface area (Å²) < 4.78 is 32.5. The largest absolute Gasteiger partial charge is 0.307 e. The fourth-order valence-electron chi connectivity index (χ4n) is 0.709. The van der Waals surface area contributed by atoms with Gasteiger partial charge in [-0.05, 0) is 23.9 Å². The average molecular weight is 194 g/mol. The summed E-state index contributed by atoms with van der Waals surface area (Å²) in [6.45, 7) is 1.76. The predicted octanol–water partition coefficient (Wildman–Crippen LogP) is 1.86. The third-order valence-corrected chi connectivity index (χ3v) is 3.11. The van der Waals surface area contributed by atoms with Gasteiger partial charge in [-0.3, -0.25) is 0 Å². The van der Waals surface area contributed by atoms with Gasteiger partial charge in [-0.1, -0.05) is 0 Å². The van der Waals surface area contributed by atoms with Crippen LogP contribution in [0.15, 0.2) is 11.4 Å². The molecule has 0 saturated carbocycles. The Kier molecular flexibility index (Phi) is 2.29. The highest BCUT2D eigenvalue weighted by molar-refractivity contribution is 7.85. The van der Waals surface area contributed by atoms with Gasteiger partial charge in [-0.25, -0.2) is 0 Å². The second-order valence-corrected chi connectivity index (χ2v) is 4.58. The van der Waals surface area contributed by atoms with E-state index in [0.717, 1.165) is 5.56 Å². The zero-order chi connectivity index (χ0) is 8.48. The van der Waals surface area contributed by atoms with Crippen LogP contribution in [0, 0.1) is 6.92 Å². The van der Waals surface area contributed by atoms with Gasteiger partial charge >= 0.3 is 10.2 Å². The number of hydrogen-bond donors (Lipinski definition) is 0. The van der Waals surface area contributed by atoms with Crippen LogP contribution >= 0.6 is 11.3 Å². The van der Waals surface area contributed by atoms with Crippen molar-refractivity contribution in [1.82, 2.24) is 0 Å². The fraction of sp³-hybridized carbons (Fsp3) is 0.333. The Balaban J connectivity index is 2.89. The Hall–Kier alpha value is -0.420. The third-order valence-electron chi connectivity index (χ3n) is 1.27. The van der Waals surface area contributed by atoms with Crippen molar-refractivity contribution in [1.29, 1.82) is 0 Å². The van der Waals surface area contributed by atoms with Crippen LogP contribution in [0.4, 0.5) is 3.89 Å². The average Bonchev–Trinajstić information content (AvgIpc) is 2.12. The highest BCUT2D eigenvalue weighted by Crippen LogP contribution is 2.18. The van der Waals surface area contributed by atoms with Crippen LogP contribution in [0.3, 0.4) is 0 Å². The summed E-state index contributed by atoms with van der Waals surface area (Å²) in [6, 6.07) is 1.77. The molecule has 11 heavy (non-hydrogen) atoms. The lowest BCUT2D eigenvalue weighted by Gasteiger charge is -1.92. The zero-order valence-corrected chi connectivity index (χ0v) is 7.51. The quantitative estimate of drug-likeness (QED) is 0.673. The lowest BCUT2D eigenvalue weighted by atomic mass is 10.3. The Bertz CT molecular complexity index is 339. The monoisotopic (exact) mass is 194 g/mol. The van der Waals surface area contributed by atoms with Gasteiger partial charge in [-0.2, -0.15) is 8.42 Å². The molecular formula is C6H7FO2S2. The van der Waals surface area contributed by atoms with Crippen molar-refractivity contribution >= 4 is 21.6 Å². The molecule has 0 radical (unpaired) electrons. The van der Waals surface area contributed by atoms with Crippen LogP contribution in [-0.4, -0.2) is 8.42 Å². The van der Waals surface area contributed by atoms with Gasteiger partial charge in [-0.15, -0.1) is 15.2 Å². The lowest BCUT2D eigenvalue weighted by molar-refractivity contribution is 0.551. The first-order chi connectivity index (χ1) is 4.99. The van der Waals surface area contributed by atoms with Crippen LogP contribution in [-0.2, 0) is 16.0 Å². The maximum absolute atomic E-state index is 12.1. The predicted molar refractivity (Wildman–Crippen MR) is 42.8 cm³/mol. The minimum Gasteiger partial charge on any atom is -0.194 e. The van der Waals surface area contributed by atoms with E-state index < -0.39 is 16.0 Å². The number of aryl methyl sites for hydroxylation is 1. The molecule has 1 heterocycles. The molecule has 0 N–H and O–H groups in total. The Labute approximate surface area is 68.9 Å². The first kappa shape index (κ1) is 8.67. The number of hydrogen-bond acceptors (Lipinski definition) is 3. The van der Waals surface area contributed by atoms with Gasteiger partial charge in [0, 0.05) is 4.88 Å². The van der Waals surface area contributed by atoms with Gasteiger partial charge in [0.15, 0.2) is 0 Å². The maximum atomic E-state index is 12.1. The second kappa shape index (κ2) is 2.91. The molecule has 0 atom stereocenters. The maximum Gasteiger partial charge on any atom is 0.307 e. The second-order valence-electron chi connectivity index (χ2n) is 2.21. The number of halogens is 1. The Morgan fingerprint density at radius 3 is 2.64 bits per heavy atom. The molecule has 1 rings (SSSR count). The Morgan fingerprint density at radius 2 is 2.27 bits per heavy atom. The van der Waals surface area contributed by atoms with Crippen LogP contribution in [0.1, 0.15) is 10.4 Å². The normalized spacial score (nSPS) is 11.8. The molecule has 2 nitrogen and oxygen atoms in total. The topological polar surface area (TPSA) is 34.1 Å². The van der Waals surface area contributed by atoms with Gasteiger partial charge in [0.25, 0.3) is 0 Å². The van der Waals surface area contributed by atoms with Crippen LogP contribution < -0.4 is 0 Å². The van der Waals surface area contributed by atoms with Crippen molar-refractivity contribution < 1.29 is 12.3 Å². The molecule has 5 heteroatoms. The molecule has 0 aromatic carbocycles. The van der Waals surface area contributed by atoms with Crippen molar-refractivity contribution in [3.05, 3.63) is 21.9 Å². The molecule has 0 fully saturated rings. The molecule has 1 aromatic rings. The minimum atomic E-state index is -4.36. The standard InChI is InChI=1S/C6H7FO2S2/c1-5-2-3-10-6(5)4-11(7,8)9/h2-3H,4H2,1H3. The molecular weight excluding hydrogens is 187 g/mol. The Morgan fingerprint density at radius 1 is 1.64 bits per heavy atom. The fourth-order valence-corrected chi connectivity index (χ4v) is 2.63. The molecule has 0 bridgehead atoms. The zero-order valence-electron chi connectivity index (χ0n) is 5.87. The summed E-state index contributed by atoms with van der Waals surface area (Å²) in [7, 11) is -4.36. The minimum absolute atomic E-state index is 0.490. The van der Waals surface area contributed by atoms with E-state index >= 15 is 0 Å². The summed E-state index contributed by atoms with van der Waals surface area (Å²) >= 11 is 1.26. The van der Waals surface area contributed by atoms with Gasteiger partial charge in [0.05, 0.1) is 0 Å². The van der Waals surface area contributed by atoms with E-state index in [2.05, 4.69) is 0 Å². The van der Waals surface area contributed by atoms with E-state index in [0.29, 0.717) is 4.88 Å². The number of thiophene rings is 1. The third kappa shape index (κ3) is 2.59. The summed E-state index contributed by atoms with van der Waals surface area (Å²) in [5, 5.41) is 1.75. The smallest absolute Gasteiger partial charge is 0.194 e. The van der Waals surface area contributed by atoms with Gasteiger partial charge < -0.3 is 0 Å². The van der Waals surface area contributed by atoms with E-state index in [1.54, 1.807) is 18.4 Å². The van der Waals surface area contributed by atoms with Crippen molar-refractivity contribution in [3.8, 4) is 0 Å². The van der Waals surface area contributed by atoms with E-state index in [-0.39, 0.29) is 0 Å². The van der Waals surface area contributed by atoms with E-state index in [1.165, 1.54) is 11.3 Å². The van der Waals surface area contributed by atoms with Crippen LogP contribution in [0.2, 0.25) is 0 Å². The van der Waals surface area contributed by atoms with Gasteiger partial charge in [0.2, 0.25) is 0 Å². The summed E-state index contributed by atoms with van der Waals surface area (Å²) in [5.41, 5.74) is 0.830. The molecule has 0 aliphatic rings. The first-order valence-electron chi connectivity index (χ1n) is 2.94. The lowest BCUT2D eigenvalue weighted by Crippen LogP contribution is -1.94. The van der Waals surface area contributed by atoms with E-state index in [1.807, 2.05) is 0 Å². The summed E-state index contributed by atoms with van der Waals surface area (Å²) in [4.78, 5) is 0.576. The van der Waals surface area contributed by atoms with Crippen molar-refractivity contribution in [2.45, 2.75) is 12.7 Å². The molecule has 0 aliphatic heterocycles. The SMILES string of the molecule is Cc1ccsc1CS(=O)(=O)F. The summed E-state index contributed by atoms with van der Waals surface area (Å²) in [6.07, 6.45) is 0. The van der Waals surface area contributed by atoms with Gasteiger partial charge in [0.1, 0.15) is 5.75 Å². The molecule has 1 aromatic heterocycles. The molecule has 0 amide bonds. The highest BCUT2D eigenvalue weighted by atomic mass is 32.3. The van der Waals surface area contributed by atoms with Crippen molar-refractivity contribution in [2.75, 3.05) is 0 Å². The first-order valence-corrected chi connectivity index (χ1v) is 5.37. The van der Waals surface area contributed by atoms with Crippen LogP contribution in [0.5, 0.6) is 0 Å².